The Morgan fingerprint density at radius 3 is 2.17 bits per heavy atom. The number of benzene rings is 2. The van der Waals surface area contributed by atoms with E-state index in [1.165, 1.54) is 6.92 Å². The van der Waals surface area contributed by atoms with E-state index in [2.05, 4.69) is 10.6 Å². The molecule has 2 amide bonds. The normalized spacial score (nSPS) is 11.1. The molecule has 2 rings (SSSR count). The highest BCUT2D eigenvalue weighted by molar-refractivity contribution is 6.09. The zero-order valence-corrected chi connectivity index (χ0v) is 16.8. The Morgan fingerprint density at radius 2 is 1.53 bits per heavy atom. The summed E-state index contributed by atoms with van der Waals surface area (Å²) < 4.78 is 10.1. The van der Waals surface area contributed by atoms with E-state index in [1.807, 2.05) is 6.07 Å². The molecule has 30 heavy (non-hydrogen) atoms. The molecule has 0 radical (unpaired) electrons. The molecule has 0 fully saturated rings. The first kappa shape index (κ1) is 22.6. The van der Waals surface area contributed by atoms with Gasteiger partial charge in [-0.2, -0.15) is 0 Å². The van der Waals surface area contributed by atoms with Crippen molar-refractivity contribution in [3.05, 3.63) is 65.7 Å². The van der Waals surface area contributed by atoms with Gasteiger partial charge in [0.05, 0.1) is 0 Å². The number of carbonyl (C=O) groups is 4. The fraction of sp³-hybridized carbons (Fsp3) is 0.273. The number of likely N-dealkylation sites (N-methyl/N-ethyl adjacent to an activating group) is 1. The molecule has 2 aromatic carbocycles. The van der Waals surface area contributed by atoms with Crippen LogP contribution in [0.15, 0.2) is 54.6 Å². The lowest BCUT2D eigenvalue weighted by molar-refractivity contribution is -0.150. The summed E-state index contributed by atoms with van der Waals surface area (Å²) in [6.45, 7) is 2.83. The summed E-state index contributed by atoms with van der Waals surface area (Å²) >= 11 is 0. The van der Waals surface area contributed by atoms with Crippen LogP contribution in [0.5, 0.6) is 5.75 Å². The van der Waals surface area contributed by atoms with Gasteiger partial charge in [-0.15, -0.1) is 0 Å². The molecule has 0 saturated carbocycles. The Labute approximate surface area is 174 Å². The first-order valence-electron chi connectivity index (χ1n) is 9.46. The van der Waals surface area contributed by atoms with Gasteiger partial charge in [0.15, 0.2) is 19.0 Å². The monoisotopic (exact) mass is 412 g/mol. The second-order valence-corrected chi connectivity index (χ2v) is 6.35. The molecule has 0 spiro atoms. The van der Waals surface area contributed by atoms with Gasteiger partial charge in [0.25, 0.3) is 5.91 Å². The van der Waals surface area contributed by atoms with Crippen molar-refractivity contribution in [1.82, 2.24) is 10.6 Å². The largest absolute Gasteiger partial charge is 0.482 e. The zero-order chi connectivity index (χ0) is 21.9. The van der Waals surface area contributed by atoms with E-state index < -0.39 is 31.1 Å². The van der Waals surface area contributed by atoms with Crippen LogP contribution in [0, 0.1) is 0 Å². The predicted octanol–water partition coefficient (Wildman–Crippen LogP) is 1.48. The summed E-state index contributed by atoms with van der Waals surface area (Å²) in [5.74, 6) is -1.39. The second-order valence-electron chi connectivity index (χ2n) is 6.35. The predicted molar refractivity (Wildman–Crippen MR) is 109 cm³/mol. The Bertz CT molecular complexity index is 880. The molecule has 0 unspecified atom stereocenters. The van der Waals surface area contributed by atoms with Crippen LogP contribution < -0.4 is 15.4 Å². The maximum absolute atomic E-state index is 12.3. The topological polar surface area (TPSA) is 111 Å². The average Bonchev–Trinajstić information content (AvgIpc) is 2.76. The highest BCUT2D eigenvalue weighted by Gasteiger charge is 2.16. The van der Waals surface area contributed by atoms with E-state index in [-0.39, 0.29) is 11.7 Å². The number of ketones is 1. The van der Waals surface area contributed by atoms with Crippen LogP contribution >= 0.6 is 0 Å². The molecule has 1 atom stereocenters. The summed E-state index contributed by atoms with van der Waals surface area (Å²) in [6, 6.07) is 14.5. The van der Waals surface area contributed by atoms with Crippen LogP contribution in [0.4, 0.5) is 0 Å². The van der Waals surface area contributed by atoms with E-state index in [9.17, 15) is 19.2 Å². The molecule has 158 valence electrons. The van der Waals surface area contributed by atoms with Gasteiger partial charge in [0, 0.05) is 17.7 Å². The lowest BCUT2D eigenvalue weighted by Crippen LogP contribution is -2.46. The second kappa shape index (κ2) is 11.4. The summed E-state index contributed by atoms with van der Waals surface area (Å²) in [5, 5.41) is 4.99. The molecular formula is C22H24N2O6. The minimum atomic E-state index is -0.736. The Hall–Kier alpha value is -3.68. The average molecular weight is 412 g/mol. The summed E-state index contributed by atoms with van der Waals surface area (Å²) in [7, 11) is 0. The van der Waals surface area contributed by atoms with E-state index >= 15 is 0 Å². The van der Waals surface area contributed by atoms with Crippen molar-refractivity contribution in [3.8, 4) is 5.75 Å². The molecular weight excluding hydrogens is 388 g/mol. The summed E-state index contributed by atoms with van der Waals surface area (Å²) in [5.41, 5.74) is 1.07. The first-order valence-corrected chi connectivity index (χ1v) is 9.46. The van der Waals surface area contributed by atoms with Crippen molar-refractivity contribution in [2.75, 3.05) is 19.8 Å². The van der Waals surface area contributed by atoms with E-state index in [1.54, 1.807) is 55.5 Å². The van der Waals surface area contributed by atoms with E-state index in [4.69, 9.17) is 9.47 Å². The van der Waals surface area contributed by atoms with Gasteiger partial charge >= 0.3 is 5.97 Å². The zero-order valence-electron chi connectivity index (χ0n) is 16.8. The lowest BCUT2D eigenvalue weighted by Gasteiger charge is -2.13. The number of hydrogen-bond acceptors (Lipinski definition) is 6. The van der Waals surface area contributed by atoms with E-state index in [0.717, 1.165) is 0 Å². The number of hydrogen-bond donors (Lipinski definition) is 2. The fourth-order valence-corrected chi connectivity index (χ4v) is 2.46. The summed E-state index contributed by atoms with van der Waals surface area (Å²) in [6.07, 6.45) is 0. The Morgan fingerprint density at radius 1 is 0.900 bits per heavy atom. The van der Waals surface area contributed by atoms with Crippen molar-refractivity contribution >= 4 is 23.6 Å². The number of amides is 2. The van der Waals surface area contributed by atoms with Crippen molar-refractivity contribution < 1.29 is 28.7 Å². The van der Waals surface area contributed by atoms with Gasteiger partial charge in [-0.05, 0) is 38.1 Å². The maximum Gasteiger partial charge on any atom is 0.344 e. The third-order valence-electron chi connectivity index (χ3n) is 4.00. The van der Waals surface area contributed by atoms with Crippen LogP contribution in [-0.2, 0) is 19.1 Å². The van der Waals surface area contributed by atoms with Crippen molar-refractivity contribution in [2.24, 2.45) is 0 Å². The van der Waals surface area contributed by atoms with Crippen LogP contribution in [-0.4, -0.2) is 49.4 Å². The van der Waals surface area contributed by atoms with Gasteiger partial charge in [-0.1, -0.05) is 30.3 Å². The molecule has 8 heteroatoms. The fourth-order valence-electron chi connectivity index (χ4n) is 2.46. The van der Waals surface area contributed by atoms with Crippen molar-refractivity contribution in [2.45, 2.75) is 19.9 Å². The Kier molecular flexibility index (Phi) is 8.56. The minimum Gasteiger partial charge on any atom is -0.482 e. The lowest BCUT2D eigenvalue weighted by atomic mass is 10.0. The molecule has 2 N–H and O–H groups in total. The third kappa shape index (κ3) is 7.05. The molecule has 0 heterocycles. The van der Waals surface area contributed by atoms with Crippen LogP contribution in [0.3, 0.4) is 0 Å². The molecule has 0 bridgehead atoms. The Balaban J connectivity index is 1.75. The summed E-state index contributed by atoms with van der Waals surface area (Å²) in [4.78, 5) is 47.4. The maximum atomic E-state index is 12.3. The molecule has 0 aromatic heterocycles. The molecule has 8 nitrogen and oxygen atoms in total. The molecule has 0 aliphatic rings. The van der Waals surface area contributed by atoms with Gasteiger partial charge in [-0.25, -0.2) is 4.79 Å². The molecule has 2 aromatic rings. The molecule has 0 aliphatic carbocycles. The standard InChI is InChI=1S/C22H24N2O6/c1-3-23-22(28)15(2)24-19(25)13-30-20(26)14-29-18-11-9-17(10-12-18)21(27)16-7-5-4-6-8-16/h4-12,15H,3,13-14H2,1-2H3,(H,23,28)(H,24,25)/t15-/m0/s1. The van der Waals surface area contributed by atoms with Gasteiger partial charge in [0.2, 0.25) is 5.91 Å². The first-order chi connectivity index (χ1) is 14.4. The number of ether oxygens (including phenoxy) is 2. The molecule has 0 aliphatic heterocycles. The van der Waals surface area contributed by atoms with E-state index in [0.29, 0.717) is 23.4 Å². The third-order valence-corrected chi connectivity index (χ3v) is 4.00. The van der Waals surface area contributed by atoms with Crippen molar-refractivity contribution in [1.29, 1.82) is 0 Å². The number of carbonyl (C=O) groups excluding carboxylic acids is 4. The number of esters is 1. The highest BCUT2D eigenvalue weighted by Crippen LogP contribution is 2.15. The SMILES string of the molecule is CCNC(=O)[C@H](C)NC(=O)COC(=O)COc1ccc(C(=O)c2ccccc2)cc1. The van der Waals surface area contributed by atoms with Gasteiger partial charge in [-0.3, -0.25) is 14.4 Å². The van der Waals surface area contributed by atoms with Crippen molar-refractivity contribution in [3.63, 3.8) is 0 Å². The quantitative estimate of drug-likeness (QED) is 0.452. The molecule has 0 saturated heterocycles. The number of rotatable bonds is 10. The highest BCUT2D eigenvalue weighted by atomic mass is 16.6. The van der Waals surface area contributed by atoms with Gasteiger partial charge < -0.3 is 20.1 Å². The minimum absolute atomic E-state index is 0.116. The van der Waals surface area contributed by atoms with Crippen LogP contribution in [0.25, 0.3) is 0 Å². The van der Waals surface area contributed by atoms with Crippen LogP contribution in [0.1, 0.15) is 29.8 Å². The van der Waals surface area contributed by atoms with Gasteiger partial charge in [0.1, 0.15) is 11.8 Å². The smallest absolute Gasteiger partial charge is 0.344 e. The van der Waals surface area contributed by atoms with Crippen LogP contribution in [0.2, 0.25) is 0 Å². The number of nitrogens with one attached hydrogen (secondary N) is 2.